The maximum atomic E-state index is 8.56. The van der Waals surface area contributed by atoms with Crippen LogP contribution in [0.3, 0.4) is 0 Å². The van der Waals surface area contributed by atoms with Gasteiger partial charge in [-0.25, -0.2) is 0 Å². The van der Waals surface area contributed by atoms with E-state index >= 15 is 0 Å². The van der Waals surface area contributed by atoms with Crippen molar-refractivity contribution in [3.8, 4) is 5.75 Å². The van der Waals surface area contributed by atoms with Gasteiger partial charge in [0.15, 0.2) is 6.35 Å². The lowest BCUT2D eigenvalue weighted by Crippen LogP contribution is -1.94. The van der Waals surface area contributed by atoms with E-state index in [1.807, 2.05) is 46.8 Å². The van der Waals surface area contributed by atoms with E-state index in [1.54, 1.807) is 12.1 Å². The van der Waals surface area contributed by atoms with Crippen molar-refractivity contribution in [1.29, 1.82) is 0 Å². The predicted molar refractivity (Wildman–Crippen MR) is 70.7 cm³/mol. The molecule has 0 saturated carbocycles. The van der Waals surface area contributed by atoms with Crippen LogP contribution in [0, 0.1) is 6.92 Å². The van der Waals surface area contributed by atoms with Gasteiger partial charge >= 0.3 is 0 Å². The standard InChI is InChI=1S/C8H11O3P.2C2H6/c1-7-2-4-8(5-3-7)11-6-12(9)10;2*1-2/h2-5,9-10H,6H2,1H3;2*1-2H3. The summed E-state index contributed by atoms with van der Waals surface area (Å²) in [6.45, 7) is 9.98. The first-order valence-electron chi connectivity index (χ1n) is 5.53. The first-order valence-corrected chi connectivity index (χ1v) is 6.96. The summed E-state index contributed by atoms with van der Waals surface area (Å²) < 4.78 is 5.05. The molecule has 0 aliphatic carbocycles. The molecule has 2 N–H and O–H groups in total. The Morgan fingerprint density at radius 3 is 1.81 bits per heavy atom. The SMILES string of the molecule is CC.CC.Cc1ccc(OCP(O)O)cc1. The van der Waals surface area contributed by atoms with Gasteiger partial charge < -0.3 is 14.5 Å². The van der Waals surface area contributed by atoms with Crippen LogP contribution in [0.15, 0.2) is 24.3 Å². The number of rotatable bonds is 3. The molecule has 0 aliphatic heterocycles. The number of ether oxygens (including phenoxy) is 1. The summed E-state index contributed by atoms with van der Waals surface area (Å²) in [7, 11) is -1.95. The van der Waals surface area contributed by atoms with Crippen molar-refractivity contribution < 1.29 is 14.5 Å². The lowest BCUT2D eigenvalue weighted by Gasteiger charge is -2.06. The molecular weight excluding hydrogens is 223 g/mol. The van der Waals surface area contributed by atoms with E-state index in [1.165, 1.54) is 0 Å². The quantitative estimate of drug-likeness (QED) is 0.800. The first-order chi connectivity index (χ1) is 7.68. The average molecular weight is 246 g/mol. The normalized spacial score (nSPS) is 8.50. The molecule has 1 rings (SSSR count). The zero-order valence-electron chi connectivity index (χ0n) is 10.8. The van der Waals surface area contributed by atoms with Crippen molar-refractivity contribution in [3.63, 3.8) is 0 Å². The van der Waals surface area contributed by atoms with E-state index in [4.69, 9.17) is 14.5 Å². The zero-order chi connectivity index (χ0) is 13.0. The molecule has 4 heteroatoms. The predicted octanol–water partition coefficient (Wildman–Crippen LogP) is 3.68. The maximum absolute atomic E-state index is 8.56. The number of hydrogen-bond donors (Lipinski definition) is 2. The van der Waals surface area contributed by atoms with Crippen LogP contribution in [0.4, 0.5) is 0 Å². The van der Waals surface area contributed by atoms with Gasteiger partial charge in [0.1, 0.15) is 5.75 Å². The second-order valence-corrected chi connectivity index (χ2v) is 3.46. The molecule has 3 nitrogen and oxygen atoms in total. The Bertz CT molecular complexity index is 235. The molecule has 0 amide bonds. The van der Waals surface area contributed by atoms with Gasteiger partial charge in [0, 0.05) is 0 Å². The zero-order valence-corrected chi connectivity index (χ0v) is 11.7. The molecule has 1 aromatic carbocycles. The highest BCUT2D eigenvalue weighted by molar-refractivity contribution is 7.44. The summed E-state index contributed by atoms with van der Waals surface area (Å²) in [4.78, 5) is 17.1. The van der Waals surface area contributed by atoms with Gasteiger partial charge in [-0.1, -0.05) is 45.4 Å². The fraction of sp³-hybridized carbons (Fsp3) is 0.500. The molecule has 0 aliphatic rings. The first kappa shape index (κ1) is 17.8. The lowest BCUT2D eigenvalue weighted by molar-refractivity contribution is 0.347. The molecule has 0 unspecified atom stereocenters. The van der Waals surface area contributed by atoms with Crippen molar-refractivity contribution in [2.24, 2.45) is 0 Å². The van der Waals surface area contributed by atoms with Gasteiger partial charge in [-0.15, -0.1) is 0 Å². The highest BCUT2D eigenvalue weighted by Gasteiger charge is 1.98. The van der Waals surface area contributed by atoms with Crippen LogP contribution < -0.4 is 4.74 Å². The monoisotopic (exact) mass is 246 g/mol. The van der Waals surface area contributed by atoms with Crippen LogP contribution in [-0.2, 0) is 0 Å². The molecule has 0 atom stereocenters. The minimum atomic E-state index is -1.95. The van der Waals surface area contributed by atoms with Crippen molar-refractivity contribution >= 4 is 8.38 Å². The minimum Gasteiger partial charge on any atom is -0.484 e. The largest absolute Gasteiger partial charge is 0.484 e. The summed E-state index contributed by atoms with van der Waals surface area (Å²) in [5.41, 5.74) is 1.15. The Balaban J connectivity index is 0. The minimum absolute atomic E-state index is 0.0294. The van der Waals surface area contributed by atoms with Crippen LogP contribution in [0.25, 0.3) is 0 Å². The molecule has 0 saturated heterocycles. The van der Waals surface area contributed by atoms with Crippen LogP contribution in [0.1, 0.15) is 33.3 Å². The summed E-state index contributed by atoms with van der Waals surface area (Å²) in [5, 5.41) is 0. The molecule has 0 fully saturated rings. The molecule has 1 aromatic rings. The van der Waals surface area contributed by atoms with E-state index in [0.29, 0.717) is 5.75 Å². The maximum Gasteiger partial charge on any atom is 0.205 e. The fourth-order valence-electron chi connectivity index (χ4n) is 0.767. The highest BCUT2D eigenvalue weighted by atomic mass is 31.2. The molecule has 0 spiro atoms. The lowest BCUT2D eigenvalue weighted by atomic mass is 10.2. The summed E-state index contributed by atoms with van der Waals surface area (Å²) in [6.07, 6.45) is -0.0294. The van der Waals surface area contributed by atoms with E-state index in [9.17, 15) is 0 Å². The molecule has 0 aromatic heterocycles. The Labute approximate surface area is 100 Å². The van der Waals surface area contributed by atoms with Crippen LogP contribution in [0.5, 0.6) is 5.75 Å². The van der Waals surface area contributed by atoms with Crippen molar-refractivity contribution in [2.75, 3.05) is 6.35 Å². The molecule has 0 bridgehead atoms. The Hall–Kier alpha value is -0.630. The topological polar surface area (TPSA) is 49.7 Å². The average Bonchev–Trinajstić information content (AvgIpc) is 2.33. The molecule has 0 heterocycles. The number of aryl methyl sites for hydroxylation is 1. The number of benzene rings is 1. The highest BCUT2D eigenvalue weighted by Crippen LogP contribution is 2.24. The molecule has 94 valence electrons. The smallest absolute Gasteiger partial charge is 0.205 e. The van der Waals surface area contributed by atoms with E-state index in [2.05, 4.69) is 0 Å². The molecular formula is C12H23O3P. The second-order valence-electron chi connectivity index (χ2n) is 2.46. The van der Waals surface area contributed by atoms with Gasteiger partial charge in [0.2, 0.25) is 8.38 Å². The van der Waals surface area contributed by atoms with Gasteiger partial charge in [-0.2, -0.15) is 0 Å². The van der Waals surface area contributed by atoms with Gasteiger partial charge in [-0.3, -0.25) is 0 Å². The van der Waals surface area contributed by atoms with Gasteiger partial charge in [-0.05, 0) is 19.1 Å². The van der Waals surface area contributed by atoms with Crippen molar-refractivity contribution in [1.82, 2.24) is 0 Å². The summed E-state index contributed by atoms with van der Waals surface area (Å²) in [5.74, 6) is 0.663. The van der Waals surface area contributed by atoms with Crippen molar-refractivity contribution in [3.05, 3.63) is 29.8 Å². The third-order valence-electron chi connectivity index (χ3n) is 1.37. The Morgan fingerprint density at radius 2 is 1.44 bits per heavy atom. The van der Waals surface area contributed by atoms with Gasteiger partial charge in [0.05, 0.1) is 0 Å². The van der Waals surface area contributed by atoms with E-state index in [-0.39, 0.29) is 6.35 Å². The molecule has 16 heavy (non-hydrogen) atoms. The summed E-state index contributed by atoms with van der Waals surface area (Å²) in [6, 6.07) is 7.42. The van der Waals surface area contributed by atoms with Crippen molar-refractivity contribution in [2.45, 2.75) is 34.6 Å². The van der Waals surface area contributed by atoms with E-state index in [0.717, 1.165) is 5.56 Å². The molecule has 0 radical (unpaired) electrons. The second kappa shape index (κ2) is 12.4. The third kappa shape index (κ3) is 9.91. The van der Waals surface area contributed by atoms with Gasteiger partial charge in [0.25, 0.3) is 0 Å². The Kier molecular flexibility index (Phi) is 13.8. The Morgan fingerprint density at radius 1 is 1.00 bits per heavy atom. The third-order valence-corrected chi connectivity index (χ3v) is 1.73. The van der Waals surface area contributed by atoms with Crippen LogP contribution >= 0.6 is 8.38 Å². The van der Waals surface area contributed by atoms with Crippen LogP contribution in [-0.4, -0.2) is 16.1 Å². The summed E-state index contributed by atoms with van der Waals surface area (Å²) >= 11 is 0. The number of hydrogen-bond acceptors (Lipinski definition) is 3. The van der Waals surface area contributed by atoms with E-state index < -0.39 is 8.38 Å². The van der Waals surface area contributed by atoms with Crippen LogP contribution in [0.2, 0.25) is 0 Å². The fourth-order valence-corrected chi connectivity index (χ4v) is 1.03.